The standard InChI is InChI=1S/C15H26N2O4/c1-2-6-13(18)16-12-7-5-10-17(11-12)14(19)8-3-4-9-15(20)21/h12H,2-11H2,1H3,(H,16,18)(H,20,21). The van der Waals surface area contributed by atoms with Crippen molar-refractivity contribution < 1.29 is 19.5 Å². The topological polar surface area (TPSA) is 86.7 Å². The third kappa shape index (κ3) is 7.11. The van der Waals surface area contributed by atoms with Crippen molar-refractivity contribution in [2.24, 2.45) is 0 Å². The van der Waals surface area contributed by atoms with Gasteiger partial charge in [-0.25, -0.2) is 0 Å². The van der Waals surface area contributed by atoms with Crippen molar-refractivity contribution in [3.63, 3.8) is 0 Å². The Morgan fingerprint density at radius 1 is 1.19 bits per heavy atom. The number of piperidine rings is 1. The van der Waals surface area contributed by atoms with Gasteiger partial charge in [-0.3, -0.25) is 14.4 Å². The van der Waals surface area contributed by atoms with Gasteiger partial charge in [0.25, 0.3) is 0 Å². The first-order valence-corrected chi connectivity index (χ1v) is 7.81. The normalized spacial score (nSPS) is 18.3. The maximum absolute atomic E-state index is 12.1. The van der Waals surface area contributed by atoms with E-state index in [1.165, 1.54) is 0 Å². The lowest BCUT2D eigenvalue weighted by Crippen LogP contribution is -2.49. The highest BCUT2D eigenvalue weighted by Crippen LogP contribution is 2.13. The minimum Gasteiger partial charge on any atom is -0.481 e. The van der Waals surface area contributed by atoms with Crippen molar-refractivity contribution in [2.75, 3.05) is 13.1 Å². The molecule has 1 aliphatic rings. The molecule has 1 heterocycles. The summed E-state index contributed by atoms with van der Waals surface area (Å²) in [6.07, 6.45) is 4.81. The zero-order valence-corrected chi connectivity index (χ0v) is 12.8. The largest absolute Gasteiger partial charge is 0.481 e. The lowest BCUT2D eigenvalue weighted by Gasteiger charge is -2.33. The number of hydrogen-bond acceptors (Lipinski definition) is 3. The molecule has 0 saturated carbocycles. The van der Waals surface area contributed by atoms with Crippen LogP contribution in [0.15, 0.2) is 0 Å². The van der Waals surface area contributed by atoms with Gasteiger partial charge in [-0.1, -0.05) is 6.92 Å². The van der Waals surface area contributed by atoms with Gasteiger partial charge < -0.3 is 15.3 Å². The van der Waals surface area contributed by atoms with Crippen LogP contribution >= 0.6 is 0 Å². The smallest absolute Gasteiger partial charge is 0.303 e. The molecule has 1 aliphatic heterocycles. The third-order valence-corrected chi connectivity index (χ3v) is 3.65. The molecule has 0 bridgehead atoms. The summed E-state index contributed by atoms with van der Waals surface area (Å²) in [5.41, 5.74) is 0. The van der Waals surface area contributed by atoms with Crippen LogP contribution in [0, 0.1) is 0 Å². The van der Waals surface area contributed by atoms with Crippen molar-refractivity contribution >= 4 is 17.8 Å². The lowest BCUT2D eigenvalue weighted by atomic mass is 10.0. The highest BCUT2D eigenvalue weighted by Gasteiger charge is 2.24. The van der Waals surface area contributed by atoms with Gasteiger partial charge in [0.15, 0.2) is 0 Å². The van der Waals surface area contributed by atoms with E-state index in [0.717, 1.165) is 25.8 Å². The summed E-state index contributed by atoms with van der Waals surface area (Å²) >= 11 is 0. The number of likely N-dealkylation sites (tertiary alicyclic amines) is 1. The van der Waals surface area contributed by atoms with Crippen LogP contribution in [0.2, 0.25) is 0 Å². The van der Waals surface area contributed by atoms with Gasteiger partial charge in [-0.05, 0) is 32.1 Å². The Hall–Kier alpha value is -1.59. The number of carbonyl (C=O) groups excluding carboxylic acids is 2. The molecule has 120 valence electrons. The zero-order valence-electron chi connectivity index (χ0n) is 12.8. The van der Waals surface area contributed by atoms with E-state index >= 15 is 0 Å². The van der Waals surface area contributed by atoms with E-state index in [2.05, 4.69) is 5.32 Å². The number of nitrogens with one attached hydrogen (secondary N) is 1. The van der Waals surface area contributed by atoms with Crippen LogP contribution in [0.25, 0.3) is 0 Å². The molecule has 0 spiro atoms. The predicted molar refractivity (Wildman–Crippen MR) is 78.8 cm³/mol. The zero-order chi connectivity index (χ0) is 15.7. The first-order valence-electron chi connectivity index (χ1n) is 7.81. The number of rotatable bonds is 8. The fourth-order valence-electron chi connectivity index (χ4n) is 2.56. The van der Waals surface area contributed by atoms with Gasteiger partial charge in [-0.15, -0.1) is 0 Å². The van der Waals surface area contributed by atoms with Gasteiger partial charge >= 0.3 is 5.97 Å². The predicted octanol–water partition coefficient (Wildman–Crippen LogP) is 1.54. The van der Waals surface area contributed by atoms with E-state index in [4.69, 9.17) is 5.11 Å². The van der Waals surface area contributed by atoms with Gasteiger partial charge in [-0.2, -0.15) is 0 Å². The lowest BCUT2D eigenvalue weighted by molar-refractivity contribution is -0.137. The van der Waals surface area contributed by atoms with Crippen molar-refractivity contribution in [1.29, 1.82) is 0 Å². The summed E-state index contributed by atoms with van der Waals surface area (Å²) in [6, 6.07) is 0.0563. The molecular formula is C15H26N2O4. The summed E-state index contributed by atoms with van der Waals surface area (Å²) in [4.78, 5) is 35.9. The van der Waals surface area contributed by atoms with E-state index in [-0.39, 0.29) is 24.3 Å². The highest BCUT2D eigenvalue weighted by atomic mass is 16.4. The molecule has 0 radical (unpaired) electrons. The summed E-state index contributed by atoms with van der Waals surface area (Å²) in [5.74, 6) is -0.702. The molecule has 1 rings (SSSR count). The highest BCUT2D eigenvalue weighted by molar-refractivity contribution is 5.77. The number of carboxylic acids is 1. The van der Waals surface area contributed by atoms with Gasteiger partial charge in [0.1, 0.15) is 0 Å². The monoisotopic (exact) mass is 298 g/mol. The number of carboxylic acid groups (broad SMARTS) is 1. The Balaban J connectivity index is 2.29. The molecule has 0 aromatic carbocycles. The maximum Gasteiger partial charge on any atom is 0.303 e. The molecule has 6 heteroatoms. The summed E-state index contributed by atoms with van der Waals surface area (Å²) < 4.78 is 0. The molecule has 21 heavy (non-hydrogen) atoms. The average molecular weight is 298 g/mol. The van der Waals surface area contributed by atoms with Crippen LogP contribution in [0.5, 0.6) is 0 Å². The van der Waals surface area contributed by atoms with Crippen LogP contribution in [0.3, 0.4) is 0 Å². The number of aliphatic carboxylic acids is 1. The molecule has 1 saturated heterocycles. The van der Waals surface area contributed by atoms with Gasteiger partial charge in [0.05, 0.1) is 0 Å². The Bertz CT molecular complexity index is 371. The Labute approximate surface area is 125 Å². The van der Waals surface area contributed by atoms with E-state index in [0.29, 0.717) is 32.2 Å². The van der Waals surface area contributed by atoms with Crippen molar-refractivity contribution in [2.45, 2.75) is 64.3 Å². The fourth-order valence-corrected chi connectivity index (χ4v) is 2.56. The van der Waals surface area contributed by atoms with E-state index in [1.54, 1.807) is 4.90 Å². The average Bonchev–Trinajstić information content (AvgIpc) is 2.43. The molecule has 1 atom stereocenters. The van der Waals surface area contributed by atoms with Crippen LogP contribution in [-0.2, 0) is 14.4 Å². The minimum atomic E-state index is -0.820. The molecule has 0 aromatic rings. The second-order valence-electron chi connectivity index (χ2n) is 5.60. The Morgan fingerprint density at radius 2 is 1.90 bits per heavy atom. The molecule has 2 amide bonds. The summed E-state index contributed by atoms with van der Waals surface area (Å²) in [5, 5.41) is 11.5. The van der Waals surface area contributed by atoms with E-state index in [9.17, 15) is 14.4 Å². The van der Waals surface area contributed by atoms with Crippen molar-refractivity contribution in [3.8, 4) is 0 Å². The molecule has 1 fully saturated rings. The van der Waals surface area contributed by atoms with Crippen LogP contribution in [0.4, 0.5) is 0 Å². The van der Waals surface area contributed by atoms with E-state index < -0.39 is 5.97 Å². The Kier molecular flexibility index (Phi) is 7.79. The second kappa shape index (κ2) is 9.37. The molecular weight excluding hydrogens is 272 g/mol. The maximum atomic E-state index is 12.1. The Morgan fingerprint density at radius 3 is 2.57 bits per heavy atom. The number of hydrogen-bond donors (Lipinski definition) is 2. The van der Waals surface area contributed by atoms with Gasteiger partial charge in [0.2, 0.25) is 11.8 Å². The SMILES string of the molecule is CCCC(=O)NC1CCCN(C(=O)CCCCC(=O)O)C1. The summed E-state index contributed by atoms with van der Waals surface area (Å²) in [7, 11) is 0. The first-order chi connectivity index (χ1) is 10.0. The van der Waals surface area contributed by atoms with Crippen molar-refractivity contribution in [3.05, 3.63) is 0 Å². The molecule has 1 unspecified atom stereocenters. The minimum absolute atomic E-state index is 0.0539. The second-order valence-corrected chi connectivity index (χ2v) is 5.60. The number of amides is 2. The molecule has 0 aliphatic carbocycles. The van der Waals surface area contributed by atoms with Crippen molar-refractivity contribution in [1.82, 2.24) is 10.2 Å². The summed E-state index contributed by atoms with van der Waals surface area (Å²) in [6.45, 7) is 3.28. The number of nitrogens with zero attached hydrogens (tertiary/aromatic N) is 1. The van der Waals surface area contributed by atoms with Crippen LogP contribution in [0.1, 0.15) is 58.3 Å². The van der Waals surface area contributed by atoms with Gasteiger partial charge in [0, 0.05) is 38.4 Å². The van der Waals surface area contributed by atoms with Crippen LogP contribution in [-0.4, -0.2) is 46.9 Å². The van der Waals surface area contributed by atoms with E-state index in [1.807, 2.05) is 6.92 Å². The number of unbranched alkanes of at least 4 members (excludes halogenated alkanes) is 1. The molecule has 6 nitrogen and oxygen atoms in total. The van der Waals surface area contributed by atoms with Crippen LogP contribution < -0.4 is 5.32 Å². The first kappa shape index (κ1) is 17.5. The number of carbonyl (C=O) groups is 3. The fraction of sp³-hybridized carbons (Fsp3) is 0.800. The molecule has 0 aromatic heterocycles. The molecule has 2 N–H and O–H groups in total. The quantitative estimate of drug-likeness (QED) is 0.665. The third-order valence-electron chi connectivity index (χ3n) is 3.65.